The Balaban J connectivity index is 1.82. The molecule has 1 aromatic heterocycles. The van der Waals surface area contributed by atoms with Gasteiger partial charge in [-0.2, -0.15) is 0 Å². The minimum absolute atomic E-state index is 0.0544. The second kappa shape index (κ2) is 10.1. The Hall–Kier alpha value is -4.12. The van der Waals surface area contributed by atoms with Crippen LogP contribution in [0.15, 0.2) is 63.6 Å². The molecular weight excluding hydrogens is 549 g/mol. The van der Waals surface area contributed by atoms with E-state index in [-0.39, 0.29) is 75.2 Å². The lowest BCUT2D eigenvalue weighted by Gasteiger charge is -2.37. The van der Waals surface area contributed by atoms with Gasteiger partial charge in [0.05, 0.1) is 16.3 Å². The number of nitrogens with one attached hydrogen (secondary N) is 1. The molecule has 1 amide bonds. The number of aryl methyl sites for hydroxylation is 2. The number of hydrogen-bond donors (Lipinski definition) is 2. The van der Waals surface area contributed by atoms with Crippen LogP contribution in [0.1, 0.15) is 60.9 Å². The first-order valence-corrected chi connectivity index (χ1v) is 14.7. The van der Waals surface area contributed by atoms with E-state index in [2.05, 4.69) is 16.9 Å². The van der Waals surface area contributed by atoms with Crippen LogP contribution >= 0.6 is 0 Å². The molecule has 0 fully saturated rings. The molecule has 5 rings (SSSR count). The maximum absolute atomic E-state index is 16.1. The highest BCUT2D eigenvalue weighted by Crippen LogP contribution is 2.52. The summed E-state index contributed by atoms with van der Waals surface area (Å²) >= 11 is 0. The molecule has 2 N–H and O–H groups in total. The minimum Gasteiger partial charge on any atom is -0.506 e. The predicted molar refractivity (Wildman–Crippen MR) is 153 cm³/mol. The summed E-state index contributed by atoms with van der Waals surface area (Å²) in [4.78, 5) is 19.6. The van der Waals surface area contributed by atoms with Gasteiger partial charge in [-0.15, -0.1) is 0 Å². The number of oxazole rings is 1. The minimum atomic E-state index is -4.06. The largest absolute Gasteiger partial charge is 0.506 e. The number of aromatic nitrogens is 1. The number of anilines is 2. The molecule has 9 nitrogen and oxygen atoms in total. The van der Waals surface area contributed by atoms with Gasteiger partial charge in [-0.05, 0) is 55.5 Å². The molecule has 2 aromatic carbocycles. The third-order valence-corrected chi connectivity index (χ3v) is 9.31. The van der Waals surface area contributed by atoms with Crippen molar-refractivity contribution in [1.82, 2.24) is 4.98 Å². The van der Waals surface area contributed by atoms with E-state index in [1.807, 2.05) is 13.8 Å². The standard InChI is InChI=1S/C30H32FN3O6S/c1-16(2)14-39-19-10-11-20(21(31)12-19)27-28-22(13-30(5,6)15-41(28,37)38)33-26-23(8-7-9-24(26)35)34(27)29(36)25-17(3)40-18(4)32-25/h7-12,27,33,35H,1,13-15H2,2-6H3. The monoisotopic (exact) mass is 581 g/mol. The van der Waals surface area contributed by atoms with Gasteiger partial charge in [0.2, 0.25) is 0 Å². The van der Waals surface area contributed by atoms with Crippen LogP contribution in [0.4, 0.5) is 15.8 Å². The van der Waals surface area contributed by atoms with E-state index in [0.29, 0.717) is 0 Å². The molecule has 0 bridgehead atoms. The van der Waals surface area contributed by atoms with Crippen molar-refractivity contribution in [2.75, 3.05) is 22.6 Å². The Labute approximate surface area is 238 Å². The topological polar surface area (TPSA) is 122 Å². The number of phenols is 1. The van der Waals surface area contributed by atoms with E-state index in [1.165, 1.54) is 29.2 Å². The molecule has 3 heterocycles. The van der Waals surface area contributed by atoms with Crippen molar-refractivity contribution in [3.8, 4) is 11.5 Å². The molecular formula is C30H32FN3O6S. The number of halogens is 1. The Bertz CT molecular complexity index is 1720. The molecule has 0 saturated carbocycles. The molecule has 1 atom stereocenters. The number of fused-ring (bicyclic) bond motifs is 1. The summed E-state index contributed by atoms with van der Waals surface area (Å²) in [7, 11) is -4.06. The van der Waals surface area contributed by atoms with Crippen molar-refractivity contribution in [2.24, 2.45) is 5.41 Å². The summed E-state index contributed by atoms with van der Waals surface area (Å²) in [5.41, 5.74) is 0.514. The van der Waals surface area contributed by atoms with Crippen LogP contribution in [0.25, 0.3) is 0 Å². The lowest BCUT2D eigenvalue weighted by molar-refractivity contribution is 0.0974. The van der Waals surface area contributed by atoms with E-state index >= 15 is 4.39 Å². The van der Waals surface area contributed by atoms with Gasteiger partial charge < -0.3 is 19.6 Å². The molecule has 0 spiro atoms. The molecule has 2 aliphatic heterocycles. The van der Waals surface area contributed by atoms with E-state index in [4.69, 9.17) is 9.15 Å². The van der Waals surface area contributed by atoms with Crippen LogP contribution in [0.3, 0.4) is 0 Å². The van der Waals surface area contributed by atoms with Gasteiger partial charge in [-0.3, -0.25) is 9.69 Å². The average molecular weight is 582 g/mol. The number of hydrogen-bond acceptors (Lipinski definition) is 8. The maximum atomic E-state index is 16.1. The van der Waals surface area contributed by atoms with Crippen LogP contribution in [-0.4, -0.2) is 36.8 Å². The summed E-state index contributed by atoms with van der Waals surface area (Å²) in [6.07, 6.45) is 0.275. The number of nitrogens with zero attached hydrogens (tertiary/aromatic N) is 2. The second-order valence-corrected chi connectivity index (χ2v) is 13.3. The molecule has 1 unspecified atom stereocenters. The van der Waals surface area contributed by atoms with E-state index in [0.717, 1.165) is 11.6 Å². The van der Waals surface area contributed by atoms with Crippen molar-refractivity contribution < 1.29 is 31.9 Å². The van der Waals surface area contributed by atoms with Gasteiger partial charge in [0.1, 0.15) is 41.4 Å². The molecule has 41 heavy (non-hydrogen) atoms. The maximum Gasteiger partial charge on any atom is 0.281 e. The number of aromatic hydroxyl groups is 1. The first kappa shape index (κ1) is 28.4. The predicted octanol–water partition coefficient (Wildman–Crippen LogP) is 5.96. The van der Waals surface area contributed by atoms with E-state index < -0.39 is 33.0 Å². The Kier molecular flexibility index (Phi) is 6.97. The lowest BCUT2D eigenvalue weighted by atomic mass is 9.88. The number of benzene rings is 2. The molecule has 2 aliphatic rings. The number of ether oxygens (including phenoxy) is 1. The zero-order chi connectivity index (χ0) is 29.9. The van der Waals surface area contributed by atoms with Gasteiger partial charge in [-0.25, -0.2) is 17.8 Å². The average Bonchev–Trinajstić information content (AvgIpc) is 3.11. The number of para-hydroxylation sites is 1. The van der Waals surface area contributed by atoms with Gasteiger partial charge in [0.25, 0.3) is 5.91 Å². The zero-order valence-corrected chi connectivity index (χ0v) is 24.4. The van der Waals surface area contributed by atoms with Crippen molar-refractivity contribution in [2.45, 2.75) is 47.1 Å². The molecule has 11 heteroatoms. The van der Waals surface area contributed by atoms with Gasteiger partial charge in [0, 0.05) is 24.3 Å². The Morgan fingerprint density at radius 2 is 2.02 bits per heavy atom. The second-order valence-electron chi connectivity index (χ2n) is 11.4. The highest BCUT2D eigenvalue weighted by molar-refractivity contribution is 7.95. The molecule has 0 aliphatic carbocycles. The number of carbonyl (C=O) groups is 1. The first-order chi connectivity index (χ1) is 19.2. The quantitative estimate of drug-likeness (QED) is 0.280. The van der Waals surface area contributed by atoms with E-state index in [9.17, 15) is 18.3 Å². The highest BCUT2D eigenvalue weighted by atomic mass is 32.2. The Morgan fingerprint density at radius 1 is 1.29 bits per heavy atom. The third-order valence-electron chi connectivity index (χ3n) is 7.01. The molecule has 0 saturated heterocycles. The number of rotatable bonds is 5. The van der Waals surface area contributed by atoms with Crippen LogP contribution in [0.5, 0.6) is 11.5 Å². The molecule has 3 aromatic rings. The highest BCUT2D eigenvalue weighted by Gasteiger charge is 2.48. The Morgan fingerprint density at radius 3 is 2.66 bits per heavy atom. The lowest BCUT2D eigenvalue weighted by Crippen LogP contribution is -2.41. The summed E-state index contributed by atoms with van der Waals surface area (Å²) in [5, 5.41) is 14.0. The fourth-order valence-corrected chi connectivity index (χ4v) is 7.83. The number of carbonyl (C=O) groups excluding carboxylic acids is 1. The summed E-state index contributed by atoms with van der Waals surface area (Å²) in [6, 6.07) is 7.20. The van der Waals surface area contributed by atoms with Crippen LogP contribution in [0.2, 0.25) is 0 Å². The van der Waals surface area contributed by atoms with Crippen LogP contribution < -0.4 is 15.0 Å². The number of phenolic OH excluding ortho intramolecular Hbond substituents is 1. The van der Waals surface area contributed by atoms with Crippen molar-refractivity contribution in [3.05, 3.63) is 87.9 Å². The van der Waals surface area contributed by atoms with Crippen LogP contribution in [-0.2, 0) is 9.84 Å². The van der Waals surface area contributed by atoms with Gasteiger partial charge in [0.15, 0.2) is 21.4 Å². The van der Waals surface area contributed by atoms with Crippen LogP contribution in [0, 0.1) is 25.1 Å². The number of allylic oxidation sites excluding steroid dienone is 1. The fourth-order valence-electron chi connectivity index (χ4n) is 5.48. The zero-order valence-electron chi connectivity index (χ0n) is 23.5. The van der Waals surface area contributed by atoms with Crippen molar-refractivity contribution in [3.63, 3.8) is 0 Å². The number of sulfone groups is 1. The SMILES string of the molecule is C=C(C)COc1ccc(C2C3=C(CC(C)(C)CS3(=O)=O)Nc3c(O)cccc3N2C(=O)c2nc(C)oc2C)c(F)c1. The number of amides is 1. The summed E-state index contributed by atoms with van der Waals surface area (Å²) in [5.74, 6) is -1.22. The van der Waals surface area contributed by atoms with Gasteiger partial charge in [-0.1, -0.05) is 26.5 Å². The normalized spacial score (nSPS) is 19.1. The molecule has 0 radical (unpaired) electrons. The molecule has 216 valence electrons. The summed E-state index contributed by atoms with van der Waals surface area (Å²) in [6.45, 7) is 12.5. The third kappa shape index (κ3) is 5.21. The van der Waals surface area contributed by atoms with Gasteiger partial charge >= 0.3 is 0 Å². The van der Waals surface area contributed by atoms with Crippen molar-refractivity contribution >= 4 is 27.1 Å². The summed E-state index contributed by atoms with van der Waals surface area (Å²) < 4.78 is 55.3. The first-order valence-electron chi connectivity index (χ1n) is 13.1. The smallest absolute Gasteiger partial charge is 0.281 e. The van der Waals surface area contributed by atoms with Crippen molar-refractivity contribution in [1.29, 1.82) is 0 Å². The van der Waals surface area contributed by atoms with E-state index in [1.54, 1.807) is 26.8 Å². The fraction of sp³-hybridized carbons (Fsp3) is 0.333.